The Balaban J connectivity index is 2.72. The Morgan fingerprint density at radius 2 is 2.06 bits per heavy atom. The Morgan fingerprint density at radius 1 is 1.44 bits per heavy atom. The summed E-state index contributed by atoms with van der Waals surface area (Å²) in [4.78, 5) is 4.27. The van der Waals surface area contributed by atoms with Crippen LogP contribution in [0.2, 0.25) is 0 Å². The van der Waals surface area contributed by atoms with Gasteiger partial charge in [-0.3, -0.25) is 0 Å². The number of anilines is 2. The number of pyridine rings is 1. The van der Waals surface area contributed by atoms with E-state index in [4.69, 9.17) is 5.73 Å². The van der Waals surface area contributed by atoms with Crippen molar-refractivity contribution in [3.63, 3.8) is 0 Å². The van der Waals surface area contributed by atoms with E-state index in [9.17, 15) is 0 Å². The number of nitrogens with one attached hydrogen (secondary N) is 1. The molecule has 0 atom stereocenters. The van der Waals surface area contributed by atoms with Crippen LogP contribution in [0.15, 0.2) is 12.3 Å². The van der Waals surface area contributed by atoms with E-state index in [1.165, 1.54) is 0 Å². The van der Waals surface area contributed by atoms with Gasteiger partial charge in [0.1, 0.15) is 5.82 Å². The van der Waals surface area contributed by atoms with Crippen molar-refractivity contribution < 1.29 is 0 Å². The van der Waals surface area contributed by atoms with E-state index in [1.54, 1.807) is 6.20 Å². The lowest BCUT2D eigenvalue weighted by atomic mass is 9.81. The largest absolute Gasteiger partial charge is 0.396 e. The molecule has 1 rings (SSSR count). The summed E-state index contributed by atoms with van der Waals surface area (Å²) >= 11 is 0. The van der Waals surface area contributed by atoms with Crippen LogP contribution in [0.4, 0.5) is 11.5 Å². The van der Waals surface area contributed by atoms with Crippen molar-refractivity contribution in [3.05, 3.63) is 17.8 Å². The minimum atomic E-state index is 0.234. The molecule has 0 radical (unpaired) electrons. The van der Waals surface area contributed by atoms with Crippen LogP contribution in [0.5, 0.6) is 0 Å². The molecule has 0 aromatic carbocycles. The average molecular weight is 221 g/mol. The molecule has 0 saturated heterocycles. The molecule has 0 aliphatic rings. The second-order valence-corrected chi connectivity index (χ2v) is 5.39. The standard InChI is InChI=1S/C13H23N3/c1-9(2)13(4,5)8-16-12-11(14)10(3)6-7-15-12/h6-7,9H,8,14H2,1-5H3,(H,15,16). The molecule has 3 nitrogen and oxygen atoms in total. The third-order valence-corrected chi connectivity index (χ3v) is 3.48. The number of nitrogens with two attached hydrogens (primary N) is 1. The van der Waals surface area contributed by atoms with Gasteiger partial charge in [-0.25, -0.2) is 4.98 Å². The van der Waals surface area contributed by atoms with Crippen LogP contribution in [0.3, 0.4) is 0 Å². The lowest BCUT2D eigenvalue weighted by molar-refractivity contribution is 0.269. The molecule has 3 N–H and O–H groups in total. The van der Waals surface area contributed by atoms with Crippen LogP contribution in [0, 0.1) is 18.3 Å². The van der Waals surface area contributed by atoms with Gasteiger partial charge in [0.05, 0.1) is 5.69 Å². The number of aromatic nitrogens is 1. The van der Waals surface area contributed by atoms with Crippen molar-refractivity contribution in [2.45, 2.75) is 34.6 Å². The SMILES string of the molecule is Cc1ccnc(NCC(C)(C)C(C)C)c1N. The molecule has 0 fully saturated rings. The Hall–Kier alpha value is -1.25. The van der Waals surface area contributed by atoms with Crippen molar-refractivity contribution in [1.82, 2.24) is 4.98 Å². The lowest BCUT2D eigenvalue weighted by Gasteiger charge is -2.29. The molecular formula is C13H23N3. The van der Waals surface area contributed by atoms with Gasteiger partial charge in [-0.05, 0) is 29.9 Å². The van der Waals surface area contributed by atoms with Crippen LogP contribution in [0.25, 0.3) is 0 Å². The van der Waals surface area contributed by atoms with Crippen molar-refractivity contribution in [3.8, 4) is 0 Å². The smallest absolute Gasteiger partial charge is 0.149 e. The Bertz CT molecular complexity index is 356. The van der Waals surface area contributed by atoms with Gasteiger partial charge < -0.3 is 11.1 Å². The third-order valence-electron chi connectivity index (χ3n) is 3.48. The van der Waals surface area contributed by atoms with E-state index in [2.05, 4.69) is 38.0 Å². The number of nitrogens with zero attached hydrogens (tertiary/aromatic N) is 1. The van der Waals surface area contributed by atoms with Gasteiger partial charge in [-0.15, -0.1) is 0 Å². The summed E-state index contributed by atoms with van der Waals surface area (Å²) in [7, 11) is 0. The predicted molar refractivity (Wildman–Crippen MR) is 70.5 cm³/mol. The second kappa shape index (κ2) is 4.73. The summed E-state index contributed by atoms with van der Waals surface area (Å²) in [5, 5.41) is 3.34. The van der Waals surface area contributed by atoms with Gasteiger partial charge in [-0.1, -0.05) is 27.7 Å². The van der Waals surface area contributed by atoms with E-state index >= 15 is 0 Å². The molecule has 0 bridgehead atoms. The Morgan fingerprint density at radius 3 is 2.62 bits per heavy atom. The first-order valence-electron chi connectivity index (χ1n) is 5.79. The van der Waals surface area contributed by atoms with Gasteiger partial charge >= 0.3 is 0 Å². The highest BCUT2D eigenvalue weighted by Gasteiger charge is 2.22. The van der Waals surface area contributed by atoms with E-state index in [0.29, 0.717) is 5.92 Å². The van der Waals surface area contributed by atoms with Crippen LogP contribution in [-0.4, -0.2) is 11.5 Å². The highest BCUT2D eigenvalue weighted by molar-refractivity contribution is 5.64. The van der Waals surface area contributed by atoms with E-state index in [0.717, 1.165) is 23.6 Å². The molecule has 0 unspecified atom stereocenters. The molecule has 0 saturated carbocycles. The van der Waals surface area contributed by atoms with Crippen LogP contribution in [-0.2, 0) is 0 Å². The number of hydrogen-bond acceptors (Lipinski definition) is 3. The molecule has 0 spiro atoms. The fourth-order valence-corrected chi connectivity index (χ4v) is 1.23. The van der Waals surface area contributed by atoms with Gasteiger partial charge in [0.25, 0.3) is 0 Å². The predicted octanol–water partition coefficient (Wildman–Crippen LogP) is 3.07. The summed E-state index contributed by atoms with van der Waals surface area (Å²) in [5.41, 5.74) is 8.02. The first kappa shape index (κ1) is 12.8. The van der Waals surface area contributed by atoms with Crippen molar-refractivity contribution in [1.29, 1.82) is 0 Å². The summed E-state index contributed by atoms with van der Waals surface area (Å²) in [6, 6.07) is 1.92. The third kappa shape index (κ3) is 2.87. The lowest BCUT2D eigenvalue weighted by Crippen LogP contribution is -2.29. The molecule has 0 aliphatic carbocycles. The molecule has 1 heterocycles. The summed E-state index contributed by atoms with van der Waals surface area (Å²) in [5.74, 6) is 1.42. The highest BCUT2D eigenvalue weighted by atomic mass is 15.0. The average Bonchev–Trinajstić information content (AvgIpc) is 2.20. The molecule has 16 heavy (non-hydrogen) atoms. The first-order valence-corrected chi connectivity index (χ1v) is 5.79. The van der Waals surface area contributed by atoms with Gasteiger partial charge in [0.2, 0.25) is 0 Å². The number of rotatable bonds is 4. The van der Waals surface area contributed by atoms with Crippen molar-refractivity contribution >= 4 is 11.5 Å². The van der Waals surface area contributed by atoms with Crippen molar-refractivity contribution in [2.24, 2.45) is 11.3 Å². The quantitative estimate of drug-likeness (QED) is 0.821. The number of hydrogen-bond donors (Lipinski definition) is 2. The highest BCUT2D eigenvalue weighted by Crippen LogP contribution is 2.27. The maximum Gasteiger partial charge on any atom is 0.149 e. The second-order valence-electron chi connectivity index (χ2n) is 5.39. The van der Waals surface area contributed by atoms with Gasteiger partial charge in [-0.2, -0.15) is 0 Å². The maximum absolute atomic E-state index is 5.96. The summed E-state index contributed by atoms with van der Waals surface area (Å²) in [6.07, 6.45) is 1.79. The molecule has 1 aromatic heterocycles. The minimum absolute atomic E-state index is 0.234. The fourth-order valence-electron chi connectivity index (χ4n) is 1.23. The van der Waals surface area contributed by atoms with E-state index < -0.39 is 0 Å². The summed E-state index contributed by atoms with van der Waals surface area (Å²) in [6.45, 7) is 11.8. The molecule has 1 aromatic rings. The first-order chi connectivity index (χ1) is 7.34. The van der Waals surface area contributed by atoms with Crippen LogP contribution in [0.1, 0.15) is 33.3 Å². The zero-order chi connectivity index (χ0) is 12.3. The fraction of sp³-hybridized carbons (Fsp3) is 0.615. The molecule has 3 heteroatoms. The van der Waals surface area contributed by atoms with E-state index in [-0.39, 0.29) is 5.41 Å². The normalized spacial score (nSPS) is 11.9. The minimum Gasteiger partial charge on any atom is -0.396 e. The van der Waals surface area contributed by atoms with Gasteiger partial charge in [0.15, 0.2) is 0 Å². The molecule has 0 amide bonds. The number of aryl methyl sites for hydroxylation is 1. The zero-order valence-electron chi connectivity index (χ0n) is 11.0. The monoisotopic (exact) mass is 221 g/mol. The topological polar surface area (TPSA) is 50.9 Å². The Kier molecular flexibility index (Phi) is 3.79. The molecular weight excluding hydrogens is 198 g/mol. The molecule has 90 valence electrons. The van der Waals surface area contributed by atoms with Crippen LogP contribution >= 0.6 is 0 Å². The summed E-state index contributed by atoms with van der Waals surface area (Å²) < 4.78 is 0. The van der Waals surface area contributed by atoms with Crippen LogP contribution < -0.4 is 11.1 Å². The van der Waals surface area contributed by atoms with Gasteiger partial charge in [0, 0.05) is 12.7 Å². The zero-order valence-corrected chi connectivity index (χ0v) is 11.0. The maximum atomic E-state index is 5.96. The number of nitrogen functional groups attached to an aromatic ring is 1. The molecule has 0 aliphatic heterocycles. The van der Waals surface area contributed by atoms with Crippen molar-refractivity contribution in [2.75, 3.05) is 17.6 Å². The van der Waals surface area contributed by atoms with E-state index in [1.807, 2.05) is 13.0 Å². The Labute approximate surface area is 98.5 Å².